The van der Waals surface area contributed by atoms with Gasteiger partial charge in [-0.3, -0.25) is 4.79 Å². The lowest BCUT2D eigenvalue weighted by atomic mass is 10.1. The van der Waals surface area contributed by atoms with Crippen LogP contribution in [0.2, 0.25) is 0 Å². The van der Waals surface area contributed by atoms with Crippen molar-refractivity contribution in [2.75, 3.05) is 12.5 Å². The number of thioether (sulfide) groups is 1. The average Bonchev–Trinajstić information content (AvgIpc) is 3.11. The first-order chi connectivity index (χ1) is 12.2. The van der Waals surface area contributed by atoms with E-state index in [1.165, 1.54) is 11.8 Å². The topological polar surface area (TPSA) is 72.2 Å². The third kappa shape index (κ3) is 3.02. The van der Waals surface area contributed by atoms with E-state index in [4.69, 9.17) is 9.47 Å². The lowest BCUT2D eigenvalue weighted by molar-refractivity contribution is 0.102. The number of aromatic nitrogens is 1. The first-order valence-electron chi connectivity index (χ1n) is 7.60. The van der Waals surface area contributed by atoms with Crippen molar-refractivity contribution < 1.29 is 14.3 Å². The maximum atomic E-state index is 12.3. The number of carbonyl (C=O) groups excluding carboxylic acids is 1. The molecular weight excluding hydrogens is 336 g/mol. The summed E-state index contributed by atoms with van der Waals surface area (Å²) in [7, 11) is 0. The number of benzene rings is 2. The largest absolute Gasteiger partial charge is 0.454 e. The second-order valence-corrected chi connectivity index (χ2v) is 6.39. The Bertz CT molecular complexity index is 1010. The van der Waals surface area contributed by atoms with Gasteiger partial charge in [-0.25, -0.2) is 4.98 Å². The molecule has 122 valence electrons. The van der Waals surface area contributed by atoms with Crippen molar-refractivity contribution >= 4 is 28.4 Å². The van der Waals surface area contributed by atoms with Crippen LogP contribution in [-0.4, -0.2) is 23.3 Å². The van der Waals surface area contributed by atoms with Crippen LogP contribution < -0.4 is 9.47 Å². The summed E-state index contributed by atoms with van der Waals surface area (Å²) in [6.07, 6.45) is 0. The molecule has 1 aliphatic rings. The van der Waals surface area contributed by atoms with Crippen LogP contribution in [0.4, 0.5) is 0 Å². The Morgan fingerprint density at radius 1 is 1.16 bits per heavy atom. The SMILES string of the molecule is N#Cc1cc2cc3c(cc2nc1SCC(=O)c1ccccc1)OCO3. The van der Waals surface area contributed by atoms with Crippen molar-refractivity contribution in [3.05, 3.63) is 59.7 Å². The summed E-state index contributed by atoms with van der Waals surface area (Å²) >= 11 is 1.27. The predicted molar refractivity (Wildman–Crippen MR) is 94.1 cm³/mol. The van der Waals surface area contributed by atoms with Gasteiger partial charge in [-0.15, -0.1) is 0 Å². The minimum atomic E-state index is 0.00192. The van der Waals surface area contributed by atoms with Gasteiger partial charge in [-0.1, -0.05) is 42.1 Å². The van der Waals surface area contributed by atoms with Crippen LogP contribution in [0.5, 0.6) is 11.5 Å². The number of hydrogen-bond donors (Lipinski definition) is 0. The summed E-state index contributed by atoms with van der Waals surface area (Å²) in [4.78, 5) is 16.8. The fourth-order valence-electron chi connectivity index (χ4n) is 2.58. The summed E-state index contributed by atoms with van der Waals surface area (Å²) in [5.41, 5.74) is 1.80. The van der Waals surface area contributed by atoms with Gasteiger partial charge in [0.15, 0.2) is 17.3 Å². The minimum absolute atomic E-state index is 0.00192. The molecule has 0 saturated carbocycles. The summed E-state index contributed by atoms with van der Waals surface area (Å²) in [5, 5.41) is 10.8. The number of ether oxygens (including phenoxy) is 2. The van der Waals surface area contributed by atoms with Crippen LogP contribution in [0.3, 0.4) is 0 Å². The van der Waals surface area contributed by atoms with Crippen molar-refractivity contribution in [1.29, 1.82) is 5.26 Å². The molecule has 2 aromatic carbocycles. The molecule has 1 aliphatic heterocycles. The number of nitrogens with zero attached hydrogens (tertiary/aromatic N) is 2. The Morgan fingerprint density at radius 3 is 2.68 bits per heavy atom. The smallest absolute Gasteiger partial charge is 0.231 e. The number of ketones is 1. The third-order valence-electron chi connectivity index (χ3n) is 3.83. The van der Waals surface area contributed by atoms with Crippen LogP contribution >= 0.6 is 11.8 Å². The molecule has 0 saturated heterocycles. The lowest BCUT2D eigenvalue weighted by Gasteiger charge is -2.06. The molecule has 5 nitrogen and oxygen atoms in total. The second-order valence-electron chi connectivity index (χ2n) is 5.43. The number of carbonyl (C=O) groups is 1. The molecular formula is C19H12N2O3S. The molecule has 0 atom stereocenters. The fourth-order valence-corrected chi connectivity index (χ4v) is 3.44. The molecule has 2 heterocycles. The molecule has 25 heavy (non-hydrogen) atoms. The number of nitriles is 1. The van der Waals surface area contributed by atoms with Crippen LogP contribution in [0.1, 0.15) is 15.9 Å². The molecule has 4 rings (SSSR count). The van der Waals surface area contributed by atoms with Gasteiger partial charge in [-0.2, -0.15) is 5.26 Å². The molecule has 1 aromatic heterocycles. The molecule has 0 radical (unpaired) electrons. The van der Waals surface area contributed by atoms with E-state index in [0.29, 0.717) is 33.2 Å². The van der Waals surface area contributed by atoms with Gasteiger partial charge in [0.2, 0.25) is 6.79 Å². The molecule has 0 spiro atoms. The number of hydrogen-bond acceptors (Lipinski definition) is 6. The quantitative estimate of drug-likeness (QED) is 0.527. The highest BCUT2D eigenvalue weighted by Gasteiger charge is 2.17. The molecule has 0 fully saturated rings. The van der Waals surface area contributed by atoms with Gasteiger partial charge in [0.1, 0.15) is 11.1 Å². The highest BCUT2D eigenvalue weighted by Crippen LogP contribution is 2.37. The van der Waals surface area contributed by atoms with Crippen LogP contribution in [0.25, 0.3) is 10.9 Å². The van der Waals surface area contributed by atoms with Crippen molar-refractivity contribution in [2.45, 2.75) is 5.03 Å². The number of fused-ring (bicyclic) bond motifs is 2. The summed E-state index contributed by atoms with van der Waals surface area (Å²) in [6.45, 7) is 0.184. The lowest BCUT2D eigenvalue weighted by Crippen LogP contribution is -2.02. The number of Topliss-reactive ketones (excluding diaryl/α,β-unsaturated/α-hetero) is 1. The number of rotatable bonds is 4. The second kappa shape index (κ2) is 6.46. The molecule has 0 N–H and O–H groups in total. The van der Waals surface area contributed by atoms with Gasteiger partial charge in [0.25, 0.3) is 0 Å². The van der Waals surface area contributed by atoms with E-state index in [1.807, 2.05) is 24.3 Å². The van der Waals surface area contributed by atoms with Crippen LogP contribution in [-0.2, 0) is 0 Å². The standard InChI is InChI=1S/C19H12N2O3S/c20-9-14-6-13-7-17-18(24-11-23-17)8-15(13)21-19(14)25-10-16(22)12-4-2-1-3-5-12/h1-8H,10-11H2. The molecule has 0 amide bonds. The maximum Gasteiger partial charge on any atom is 0.231 e. The first-order valence-corrected chi connectivity index (χ1v) is 8.59. The van der Waals surface area contributed by atoms with Gasteiger partial charge < -0.3 is 9.47 Å². The highest BCUT2D eigenvalue weighted by atomic mass is 32.2. The zero-order valence-corrected chi connectivity index (χ0v) is 13.9. The van der Waals surface area contributed by atoms with Gasteiger partial charge in [0.05, 0.1) is 16.8 Å². The van der Waals surface area contributed by atoms with E-state index < -0.39 is 0 Å². The van der Waals surface area contributed by atoms with E-state index in [9.17, 15) is 10.1 Å². The van der Waals surface area contributed by atoms with Crippen LogP contribution in [0.15, 0.2) is 53.6 Å². The summed E-state index contributed by atoms with van der Waals surface area (Å²) < 4.78 is 10.7. The Hall–Kier alpha value is -3.04. The van der Waals surface area contributed by atoms with E-state index in [0.717, 1.165) is 5.39 Å². The maximum absolute atomic E-state index is 12.3. The number of pyridine rings is 1. The molecule has 6 heteroatoms. The Labute approximate surface area is 148 Å². The Balaban J connectivity index is 1.63. The fraction of sp³-hybridized carbons (Fsp3) is 0.105. The summed E-state index contributed by atoms with van der Waals surface area (Å²) in [6, 6.07) is 16.6. The van der Waals surface area contributed by atoms with Gasteiger partial charge in [-0.05, 0) is 12.1 Å². The van der Waals surface area contributed by atoms with Gasteiger partial charge in [0, 0.05) is 17.0 Å². The van der Waals surface area contributed by atoms with Crippen LogP contribution in [0, 0.1) is 11.3 Å². The van der Waals surface area contributed by atoms with E-state index in [-0.39, 0.29) is 18.3 Å². The van der Waals surface area contributed by atoms with Crippen molar-refractivity contribution in [2.24, 2.45) is 0 Å². The average molecular weight is 348 g/mol. The van der Waals surface area contributed by atoms with Crippen molar-refractivity contribution in [3.8, 4) is 17.6 Å². The predicted octanol–water partition coefficient (Wildman–Crippen LogP) is 3.81. The van der Waals surface area contributed by atoms with Gasteiger partial charge >= 0.3 is 0 Å². The molecule has 0 bridgehead atoms. The van der Waals surface area contributed by atoms with E-state index in [1.54, 1.807) is 24.3 Å². The monoisotopic (exact) mass is 348 g/mol. The Kier molecular flexibility index (Phi) is 4.00. The van der Waals surface area contributed by atoms with Crippen molar-refractivity contribution in [3.63, 3.8) is 0 Å². The zero-order chi connectivity index (χ0) is 17.2. The molecule has 3 aromatic rings. The van der Waals surface area contributed by atoms with Crippen molar-refractivity contribution in [1.82, 2.24) is 4.98 Å². The minimum Gasteiger partial charge on any atom is -0.454 e. The third-order valence-corrected chi connectivity index (χ3v) is 4.82. The summed E-state index contributed by atoms with van der Waals surface area (Å²) in [5.74, 6) is 1.52. The molecule has 0 unspecified atom stereocenters. The van der Waals surface area contributed by atoms with E-state index >= 15 is 0 Å². The highest BCUT2D eigenvalue weighted by molar-refractivity contribution is 8.00. The Morgan fingerprint density at radius 2 is 1.92 bits per heavy atom. The zero-order valence-electron chi connectivity index (χ0n) is 13.1. The van der Waals surface area contributed by atoms with E-state index in [2.05, 4.69) is 11.1 Å². The normalized spacial score (nSPS) is 12.1. The molecule has 0 aliphatic carbocycles. The first kappa shape index (κ1) is 15.5.